The van der Waals surface area contributed by atoms with Crippen LogP contribution in [0.5, 0.6) is 5.75 Å². The lowest BCUT2D eigenvalue weighted by Gasteiger charge is -2.18. The molecule has 0 aliphatic carbocycles. The summed E-state index contributed by atoms with van der Waals surface area (Å²) < 4.78 is 7.55. The predicted molar refractivity (Wildman–Crippen MR) is 116 cm³/mol. The lowest BCUT2D eigenvalue weighted by molar-refractivity contribution is -0.122. The number of carbonyl (C=O) groups excluding carboxylic acids is 1. The molecule has 0 fully saturated rings. The van der Waals surface area contributed by atoms with Crippen LogP contribution in [0.15, 0.2) is 48.5 Å². The number of carbonyl (C=O) groups is 1. The number of methoxy groups -OCH3 is 1. The van der Waals surface area contributed by atoms with E-state index in [0.717, 1.165) is 23.3 Å². The molecular formula is C22H26N4O2S. The van der Waals surface area contributed by atoms with Crippen molar-refractivity contribution in [3.05, 3.63) is 64.4 Å². The molecule has 1 heterocycles. The molecule has 1 amide bonds. The van der Waals surface area contributed by atoms with Gasteiger partial charge in [0.1, 0.15) is 5.75 Å². The fourth-order valence-corrected chi connectivity index (χ4v) is 3.41. The van der Waals surface area contributed by atoms with Gasteiger partial charge >= 0.3 is 0 Å². The van der Waals surface area contributed by atoms with Gasteiger partial charge in [-0.2, -0.15) is 5.10 Å². The Morgan fingerprint density at radius 1 is 1.21 bits per heavy atom. The molecular weight excluding hydrogens is 384 g/mol. The van der Waals surface area contributed by atoms with Gasteiger partial charge in [0, 0.05) is 18.5 Å². The first kappa shape index (κ1) is 20.8. The number of nitrogens with one attached hydrogen (secondary N) is 2. The van der Waals surface area contributed by atoms with Gasteiger partial charge in [0.2, 0.25) is 5.91 Å². The number of H-pyrrole nitrogens is 1. The number of ether oxygens (including phenoxy) is 1. The van der Waals surface area contributed by atoms with E-state index in [0.29, 0.717) is 23.6 Å². The quantitative estimate of drug-likeness (QED) is 0.533. The molecule has 7 heteroatoms. The minimum atomic E-state index is -0.0128. The third kappa shape index (κ3) is 5.12. The van der Waals surface area contributed by atoms with Gasteiger partial charge in [-0.3, -0.25) is 14.5 Å². The first-order valence-corrected chi connectivity index (χ1v) is 10.1. The Morgan fingerprint density at radius 3 is 2.52 bits per heavy atom. The number of amides is 1. The normalized spacial score (nSPS) is 11.8. The zero-order chi connectivity index (χ0) is 20.8. The molecule has 1 aromatic heterocycles. The molecule has 2 aromatic carbocycles. The van der Waals surface area contributed by atoms with E-state index in [-0.39, 0.29) is 11.9 Å². The van der Waals surface area contributed by atoms with Crippen molar-refractivity contribution in [3.63, 3.8) is 0 Å². The molecule has 1 atom stereocenters. The minimum absolute atomic E-state index is 0.00137. The zero-order valence-corrected chi connectivity index (χ0v) is 17.8. The van der Waals surface area contributed by atoms with Gasteiger partial charge < -0.3 is 10.1 Å². The Morgan fingerprint density at radius 2 is 1.90 bits per heavy atom. The smallest absolute Gasteiger partial charge is 0.222 e. The van der Waals surface area contributed by atoms with Crippen LogP contribution in [-0.4, -0.2) is 27.8 Å². The minimum Gasteiger partial charge on any atom is -0.497 e. The summed E-state index contributed by atoms with van der Waals surface area (Å²) in [5.74, 6) is 1.47. The maximum Gasteiger partial charge on any atom is 0.222 e. The highest BCUT2D eigenvalue weighted by molar-refractivity contribution is 7.71. The van der Waals surface area contributed by atoms with E-state index in [1.54, 1.807) is 7.11 Å². The van der Waals surface area contributed by atoms with Crippen molar-refractivity contribution in [1.29, 1.82) is 0 Å². The Balaban J connectivity index is 1.67. The molecule has 0 radical (unpaired) electrons. The third-order valence-corrected chi connectivity index (χ3v) is 5.20. The molecule has 0 bridgehead atoms. The molecule has 6 nitrogen and oxygen atoms in total. The Kier molecular flexibility index (Phi) is 6.82. The van der Waals surface area contributed by atoms with E-state index in [9.17, 15) is 4.79 Å². The van der Waals surface area contributed by atoms with E-state index < -0.39 is 0 Å². The Hall–Kier alpha value is -2.93. The number of nitrogens with zero attached hydrogens (tertiary/aromatic N) is 2. The van der Waals surface area contributed by atoms with Gasteiger partial charge in [0.25, 0.3) is 0 Å². The average molecular weight is 411 g/mol. The van der Waals surface area contributed by atoms with Gasteiger partial charge in [-0.05, 0) is 55.4 Å². The van der Waals surface area contributed by atoms with Crippen LogP contribution in [0.3, 0.4) is 0 Å². The molecule has 2 N–H and O–H groups in total. The monoisotopic (exact) mass is 410 g/mol. The molecule has 0 aliphatic rings. The summed E-state index contributed by atoms with van der Waals surface area (Å²) in [4.78, 5) is 12.6. The number of benzene rings is 2. The molecule has 0 saturated carbocycles. The Bertz CT molecular complexity index is 1010. The van der Waals surface area contributed by atoms with Crippen LogP contribution in [0.1, 0.15) is 36.9 Å². The van der Waals surface area contributed by atoms with Crippen LogP contribution >= 0.6 is 12.2 Å². The standard InChI is InChI=1S/C22H26N4O2S/c1-4-19(16-7-5-15(2)6-8-16)23-20(27)13-14-26-21(24-25-22(26)29)17-9-11-18(28-3)12-10-17/h5-12,19H,4,13-14H2,1-3H3,(H,23,27)(H,25,29)/t19-/m1/s1. The van der Waals surface area contributed by atoms with E-state index >= 15 is 0 Å². The van der Waals surface area contributed by atoms with Crippen LogP contribution in [0, 0.1) is 11.7 Å². The summed E-state index contributed by atoms with van der Waals surface area (Å²) in [7, 11) is 1.63. The van der Waals surface area contributed by atoms with E-state index in [1.165, 1.54) is 5.56 Å². The summed E-state index contributed by atoms with van der Waals surface area (Å²) in [6.07, 6.45) is 1.15. The van der Waals surface area contributed by atoms with Gasteiger partial charge in [-0.25, -0.2) is 0 Å². The third-order valence-electron chi connectivity index (χ3n) is 4.89. The highest BCUT2D eigenvalue weighted by Gasteiger charge is 2.15. The predicted octanol–water partition coefficient (Wildman–Crippen LogP) is 4.58. The lowest BCUT2D eigenvalue weighted by atomic mass is 10.0. The van der Waals surface area contributed by atoms with Gasteiger partial charge in [0.15, 0.2) is 10.6 Å². The summed E-state index contributed by atoms with van der Waals surface area (Å²) >= 11 is 5.36. The first-order chi connectivity index (χ1) is 14.0. The van der Waals surface area contributed by atoms with Crippen LogP contribution < -0.4 is 10.1 Å². The zero-order valence-electron chi connectivity index (χ0n) is 16.9. The molecule has 0 unspecified atom stereocenters. The van der Waals surface area contributed by atoms with Crippen molar-refractivity contribution in [2.75, 3.05) is 7.11 Å². The van der Waals surface area contributed by atoms with Crippen LogP contribution in [0.2, 0.25) is 0 Å². The van der Waals surface area contributed by atoms with E-state index in [2.05, 4.69) is 53.6 Å². The first-order valence-electron chi connectivity index (χ1n) is 9.67. The van der Waals surface area contributed by atoms with Gasteiger partial charge in [-0.1, -0.05) is 36.8 Å². The topological polar surface area (TPSA) is 71.9 Å². The maximum atomic E-state index is 12.6. The second-order valence-electron chi connectivity index (χ2n) is 6.92. The fourth-order valence-electron chi connectivity index (χ4n) is 3.19. The SMILES string of the molecule is CC[C@@H](NC(=O)CCn1c(-c2ccc(OC)cc2)n[nH]c1=S)c1ccc(C)cc1. The second-order valence-corrected chi connectivity index (χ2v) is 7.31. The van der Waals surface area contributed by atoms with E-state index in [4.69, 9.17) is 17.0 Å². The van der Waals surface area contributed by atoms with Gasteiger partial charge in [0.05, 0.1) is 13.2 Å². The summed E-state index contributed by atoms with van der Waals surface area (Å²) in [6.45, 7) is 4.57. The number of hydrogen-bond donors (Lipinski definition) is 2. The van der Waals surface area contributed by atoms with Crippen LogP contribution in [-0.2, 0) is 11.3 Å². The summed E-state index contributed by atoms with van der Waals surface area (Å²) in [5, 5.41) is 10.3. The molecule has 29 heavy (non-hydrogen) atoms. The molecule has 3 aromatic rings. The highest BCUT2D eigenvalue weighted by Crippen LogP contribution is 2.21. The van der Waals surface area contributed by atoms with Crippen molar-refractivity contribution in [2.45, 2.75) is 39.3 Å². The molecule has 3 rings (SSSR count). The van der Waals surface area contributed by atoms with Crippen molar-refractivity contribution >= 4 is 18.1 Å². The average Bonchev–Trinajstić information content (AvgIpc) is 3.11. The van der Waals surface area contributed by atoms with Crippen LogP contribution in [0.25, 0.3) is 11.4 Å². The van der Waals surface area contributed by atoms with Crippen molar-refractivity contribution in [3.8, 4) is 17.1 Å². The Labute approximate surface area is 175 Å². The fraction of sp³-hybridized carbons (Fsp3) is 0.318. The molecule has 0 spiro atoms. The second kappa shape index (κ2) is 9.52. The van der Waals surface area contributed by atoms with Gasteiger partial charge in [-0.15, -0.1) is 0 Å². The number of aromatic nitrogens is 3. The lowest BCUT2D eigenvalue weighted by Crippen LogP contribution is -2.29. The van der Waals surface area contributed by atoms with E-state index in [1.807, 2.05) is 28.8 Å². The number of rotatable bonds is 8. The summed E-state index contributed by atoms with van der Waals surface area (Å²) in [5.41, 5.74) is 3.23. The summed E-state index contributed by atoms with van der Waals surface area (Å²) in [6, 6.07) is 15.9. The number of aromatic amines is 1. The maximum absolute atomic E-state index is 12.6. The highest BCUT2D eigenvalue weighted by atomic mass is 32.1. The molecule has 0 saturated heterocycles. The van der Waals surface area contributed by atoms with Crippen LogP contribution in [0.4, 0.5) is 0 Å². The largest absolute Gasteiger partial charge is 0.497 e. The molecule has 0 aliphatic heterocycles. The number of aryl methyl sites for hydroxylation is 1. The number of hydrogen-bond acceptors (Lipinski definition) is 4. The molecule has 152 valence electrons. The van der Waals surface area contributed by atoms with Crippen molar-refractivity contribution < 1.29 is 9.53 Å². The van der Waals surface area contributed by atoms with Crippen molar-refractivity contribution in [2.24, 2.45) is 0 Å². The van der Waals surface area contributed by atoms with Crippen molar-refractivity contribution in [1.82, 2.24) is 20.1 Å².